The van der Waals surface area contributed by atoms with Gasteiger partial charge in [0.2, 0.25) is 0 Å². The minimum absolute atomic E-state index is 0.0365. The molecule has 1 aromatic rings. The molecule has 1 unspecified atom stereocenters. The van der Waals surface area contributed by atoms with E-state index in [1.165, 1.54) is 4.90 Å². The Kier molecular flexibility index (Phi) is 4.27. The Labute approximate surface area is 126 Å². The molecule has 2 rings (SSSR count). The minimum Gasteiger partial charge on any atom is -0.480 e. The number of amides is 1. The van der Waals surface area contributed by atoms with E-state index in [4.69, 9.17) is 5.11 Å². The molecule has 102 valence electrons. The Balaban J connectivity index is 2.33. The molecule has 1 heterocycles. The van der Waals surface area contributed by atoms with Gasteiger partial charge in [0.15, 0.2) is 0 Å². The van der Waals surface area contributed by atoms with Crippen molar-refractivity contribution in [1.29, 1.82) is 0 Å². The lowest BCUT2D eigenvalue weighted by Gasteiger charge is -2.21. The summed E-state index contributed by atoms with van der Waals surface area (Å²) in [6, 6.07) is 4.12. The van der Waals surface area contributed by atoms with Gasteiger partial charge in [0.25, 0.3) is 5.91 Å². The predicted molar refractivity (Wildman–Crippen MR) is 74.9 cm³/mol. The van der Waals surface area contributed by atoms with E-state index in [0.717, 1.165) is 4.47 Å². The summed E-state index contributed by atoms with van der Waals surface area (Å²) in [6.45, 7) is 0.0365. The normalized spacial score (nSPS) is 22.6. The third kappa shape index (κ3) is 2.98. The van der Waals surface area contributed by atoms with Gasteiger partial charge in [-0.1, -0.05) is 15.9 Å². The van der Waals surface area contributed by atoms with E-state index >= 15 is 0 Å². The number of nitrogens with zero attached hydrogens (tertiary/aromatic N) is 1. The van der Waals surface area contributed by atoms with Crippen LogP contribution in [0, 0.1) is 0 Å². The van der Waals surface area contributed by atoms with Crippen LogP contribution in [0.4, 0.5) is 0 Å². The number of aliphatic hydroxyl groups excluding tert-OH is 1. The maximum Gasteiger partial charge on any atom is 0.326 e. The molecular formula is C12H11Br2NO4. The quantitative estimate of drug-likeness (QED) is 0.805. The molecule has 1 saturated heterocycles. The first-order chi connectivity index (χ1) is 8.90. The first kappa shape index (κ1) is 14.5. The molecule has 0 spiro atoms. The van der Waals surface area contributed by atoms with Gasteiger partial charge < -0.3 is 15.1 Å². The second kappa shape index (κ2) is 5.60. The van der Waals surface area contributed by atoms with Crippen LogP contribution in [0.2, 0.25) is 0 Å². The largest absolute Gasteiger partial charge is 0.480 e. The summed E-state index contributed by atoms with van der Waals surface area (Å²) in [5, 5.41) is 18.7. The third-order valence-corrected chi connectivity index (χ3v) is 4.17. The highest BCUT2D eigenvalue weighted by atomic mass is 79.9. The Bertz CT molecular complexity index is 534. The molecule has 19 heavy (non-hydrogen) atoms. The highest BCUT2D eigenvalue weighted by Gasteiger charge is 2.39. The number of aliphatic carboxylic acids is 1. The molecule has 0 bridgehead atoms. The number of carbonyl (C=O) groups is 2. The lowest BCUT2D eigenvalue weighted by molar-refractivity contribution is -0.141. The van der Waals surface area contributed by atoms with Gasteiger partial charge in [0.1, 0.15) is 6.04 Å². The standard InChI is InChI=1S/C12H11Br2NO4/c13-6-1-2-9(14)8(3-6)11(17)15-5-7(16)4-10(15)12(18)19/h1-3,7,10,16H,4-5H2,(H,18,19)/t7?,10-/m0/s1. The van der Waals surface area contributed by atoms with E-state index in [1.54, 1.807) is 18.2 Å². The van der Waals surface area contributed by atoms with Gasteiger partial charge in [-0.3, -0.25) is 4.79 Å². The van der Waals surface area contributed by atoms with Crippen molar-refractivity contribution in [3.8, 4) is 0 Å². The number of halogens is 2. The van der Waals surface area contributed by atoms with Crippen LogP contribution >= 0.6 is 31.9 Å². The van der Waals surface area contributed by atoms with Crippen molar-refractivity contribution in [2.75, 3.05) is 6.54 Å². The van der Waals surface area contributed by atoms with Crippen molar-refractivity contribution >= 4 is 43.7 Å². The SMILES string of the molecule is O=C(O)[C@@H]1CC(O)CN1C(=O)c1cc(Br)ccc1Br. The van der Waals surface area contributed by atoms with Crippen molar-refractivity contribution in [3.05, 3.63) is 32.7 Å². The molecular weight excluding hydrogens is 382 g/mol. The van der Waals surface area contributed by atoms with E-state index in [9.17, 15) is 14.7 Å². The summed E-state index contributed by atoms with van der Waals surface area (Å²) < 4.78 is 1.32. The van der Waals surface area contributed by atoms with Crippen LogP contribution in [0.25, 0.3) is 0 Å². The van der Waals surface area contributed by atoms with E-state index in [2.05, 4.69) is 31.9 Å². The van der Waals surface area contributed by atoms with E-state index in [1.807, 2.05) is 0 Å². The average molecular weight is 393 g/mol. The zero-order valence-electron chi connectivity index (χ0n) is 9.72. The highest BCUT2D eigenvalue weighted by Crippen LogP contribution is 2.26. The van der Waals surface area contributed by atoms with Crippen molar-refractivity contribution in [2.45, 2.75) is 18.6 Å². The van der Waals surface area contributed by atoms with Gasteiger partial charge in [-0.15, -0.1) is 0 Å². The van der Waals surface area contributed by atoms with Gasteiger partial charge >= 0.3 is 5.97 Å². The zero-order valence-corrected chi connectivity index (χ0v) is 12.9. The fraction of sp³-hybridized carbons (Fsp3) is 0.333. The monoisotopic (exact) mass is 391 g/mol. The second-order valence-corrected chi connectivity index (χ2v) is 6.10. The summed E-state index contributed by atoms with van der Waals surface area (Å²) in [5.41, 5.74) is 0.370. The maximum atomic E-state index is 12.4. The summed E-state index contributed by atoms with van der Waals surface area (Å²) in [4.78, 5) is 24.7. The highest BCUT2D eigenvalue weighted by molar-refractivity contribution is 9.11. The third-order valence-electron chi connectivity index (χ3n) is 2.98. The van der Waals surface area contributed by atoms with Crippen molar-refractivity contribution in [3.63, 3.8) is 0 Å². The number of rotatable bonds is 2. The van der Waals surface area contributed by atoms with Gasteiger partial charge in [-0.2, -0.15) is 0 Å². The molecule has 1 aromatic carbocycles. The predicted octanol–water partition coefficient (Wildman–Crippen LogP) is 1.87. The van der Waals surface area contributed by atoms with E-state index in [0.29, 0.717) is 10.0 Å². The average Bonchev–Trinajstić information content (AvgIpc) is 2.74. The van der Waals surface area contributed by atoms with Crippen molar-refractivity contribution in [2.24, 2.45) is 0 Å². The van der Waals surface area contributed by atoms with Crippen LogP contribution in [0.15, 0.2) is 27.1 Å². The molecule has 2 atom stereocenters. The number of β-amino-alcohol motifs (C(OH)–C–C–N with tert-alkyl or cyclic N) is 1. The molecule has 0 radical (unpaired) electrons. The van der Waals surface area contributed by atoms with Gasteiger partial charge in [0, 0.05) is 21.9 Å². The molecule has 5 nitrogen and oxygen atoms in total. The number of carbonyl (C=O) groups excluding carboxylic acids is 1. The molecule has 1 amide bonds. The number of aliphatic hydroxyl groups is 1. The molecule has 1 aliphatic rings. The van der Waals surface area contributed by atoms with Gasteiger partial charge in [0.05, 0.1) is 11.7 Å². The molecule has 0 aromatic heterocycles. The summed E-state index contributed by atoms with van der Waals surface area (Å²) >= 11 is 6.54. The topological polar surface area (TPSA) is 77.8 Å². The minimum atomic E-state index is -1.10. The zero-order chi connectivity index (χ0) is 14.2. The van der Waals surface area contributed by atoms with Crippen LogP contribution in [-0.4, -0.2) is 45.7 Å². The Hall–Kier alpha value is -0.920. The molecule has 0 aliphatic carbocycles. The van der Waals surface area contributed by atoms with Crippen LogP contribution in [0.5, 0.6) is 0 Å². The van der Waals surface area contributed by atoms with Crippen molar-refractivity contribution in [1.82, 2.24) is 4.90 Å². The number of carboxylic acid groups (broad SMARTS) is 1. The Morgan fingerprint density at radius 1 is 1.32 bits per heavy atom. The molecule has 2 N–H and O–H groups in total. The van der Waals surface area contributed by atoms with Gasteiger partial charge in [-0.05, 0) is 34.1 Å². The summed E-state index contributed by atoms with van der Waals surface area (Å²) in [7, 11) is 0. The number of hydrogen-bond donors (Lipinski definition) is 2. The number of benzene rings is 1. The van der Waals surface area contributed by atoms with Crippen LogP contribution in [-0.2, 0) is 4.79 Å². The second-order valence-electron chi connectivity index (χ2n) is 4.33. The maximum absolute atomic E-state index is 12.4. The number of hydrogen-bond acceptors (Lipinski definition) is 3. The first-order valence-corrected chi connectivity index (χ1v) is 7.15. The van der Waals surface area contributed by atoms with Crippen LogP contribution in [0.3, 0.4) is 0 Å². The summed E-state index contributed by atoms with van der Waals surface area (Å²) in [6.07, 6.45) is -0.733. The Morgan fingerprint density at radius 2 is 2.00 bits per heavy atom. The van der Waals surface area contributed by atoms with Crippen LogP contribution in [0.1, 0.15) is 16.8 Å². The summed E-state index contributed by atoms with van der Waals surface area (Å²) in [5.74, 6) is -1.51. The lowest BCUT2D eigenvalue weighted by atomic mass is 10.1. The number of likely N-dealkylation sites (tertiary alicyclic amines) is 1. The van der Waals surface area contributed by atoms with E-state index < -0.39 is 24.0 Å². The molecule has 1 aliphatic heterocycles. The molecule has 7 heteroatoms. The fourth-order valence-electron chi connectivity index (χ4n) is 2.09. The van der Waals surface area contributed by atoms with E-state index in [-0.39, 0.29) is 13.0 Å². The van der Waals surface area contributed by atoms with Crippen molar-refractivity contribution < 1.29 is 19.8 Å². The number of carboxylic acids is 1. The van der Waals surface area contributed by atoms with Crippen LogP contribution < -0.4 is 0 Å². The fourth-order valence-corrected chi connectivity index (χ4v) is 2.87. The first-order valence-electron chi connectivity index (χ1n) is 5.57. The van der Waals surface area contributed by atoms with Gasteiger partial charge in [-0.25, -0.2) is 4.79 Å². The Morgan fingerprint density at radius 3 is 2.63 bits per heavy atom. The molecule has 0 saturated carbocycles. The smallest absolute Gasteiger partial charge is 0.326 e. The molecule has 1 fully saturated rings. The lowest BCUT2D eigenvalue weighted by Crippen LogP contribution is -2.40.